The second-order valence-corrected chi connectivity index (χ2v) is 7.78. The Morgan fingerprint density at radius 2 is 1.93 bits per heavy atom. The molecule has 6 nitrogen and oxygen atoms in total. The van der Waals surface area contributed by atoms with E-state index in [1.807, 2.05) is 31.2 Å². The lowest BCUT2D eigenvalue weighted by molar-refractivity contribution is -0.149. The van der Waals surface area contributed by atoms with Crippen LogP contribution in [0.4, 0.5) is 0 Å². The second-order valence-electron chi connectivity index (χ2n) is 7.37. The van der Waals surface area contributed by atoms with E-state index in [1.54, 1.807) is 17.0 Å². The molecule has 0 bridgehead atoms. The van der Waals surface area contributed by atoms with E-state index in [0.717, 1.165) is 5.56 Å². The number of hydrogen-bond acceptors (Lipinski definition) is 5. The average molecular weight is 416 g/mol. The van der Waals surface area contributed by atoms with Gasteiger partial charge in [-0.2, -0.15) is 0 Å². The highest BCUT2D eigenvalue weighted by molar-refractivity contribution is 6.32. The number of rotatable bonds is 5. The Morgan fingerprint density at radius 1 is 1.17 bits per heavy atom. The van der Waals surface area contributed by atoms with Gasteiger partial charge in [0.25, 0.3) is 0 Å². The van der Waals surface area contributed by atoms with Crippen LogP contribution in [-0.2, 0) is 27.5 Å². The summed E-state index contributed by atoms with van der Waals surface area (Å²) < 4.78 is 16.5. The predicted octanol–water partition coefficient (Wildman–Crippen LogP) is 3.51. The van der Waals surface area contributed by atoms with Crippen molar-refractivity contribution in [1.82, 2.24) is 4.90 Å². The molecule has 1 fully saturated rings. The third-order valence-corrected chi connectivity index (χ3v) is 5.36. The number of aryl methyl sites for hydroxylation is 1. The Balaban J connectivity index is 1.34. The maximum atomic E-state index is 12.5. The summed E-state index contributed by atoms with van der Waals surface area (Å²) in [7, 11) is 0. The highest BCUT2D eigenvalue weighted by atomic mass is 35.5. The molecule has 0 N–H and O–H groups in total. The zero-order valence-electron chi connectivity index (χ0n) is 16.2. The summed E-state index contributed by atoms with van der Waals surface area (Å²) in [5.41, 5.74) is 2.93. The van der Waals surface area contributed by atoms with Crippen LogP contribution in [0, 0.1) is 12.8 Å². The number of esters is 1. The molecule has 29 heavy (non-hydrogen) atoms. The number of ether oxygens (including phenoxy) is 3. The van der Waals surface area contributed by atoms with Crippen molar-refractivity contribution < 1.29 is 23.8 Å². The van der Waals surface area contributed by atoms with Gasteiger partial charge in [0.05, 0.1) is 10.9 Å². The Morgan fingerprint density at radius 3 is 2.72 bits per heavy atom. The quantitative estimate of drug-likeness (QED) is 0.699. The molecule has 0 aliphatic carbocycles. The molecule has 1 saturated heterocycles. The minimum Gasteiger partial charge on any atom is -0.486 e. The summed E-state index contributed by atoms with van der Waals surface area (Å²) in [5.74, 6) is 0.197. The van der Waals surface area contributed by atoms with Crippen molar-refractivity contribution in [3.05, 3.63) is 58.1 Å². The van der Waals surface area contributed by atoms with Crippen molar-refractivity contribution in [2.75, 3.05) is 19.8 Å². The van der Waals surface area contributed by atoms with E-state index in [0.29, 0.717) is 48.4 Å². The van der Waals surface area contributed by atoms with Crippen LogP contribution in [0.1, 0.15) is 23.1 Å². The van der Waals surface area contributed by atoms with Crippen molar-refractivity contribution in [2.45, 2.75) is 26.5 Å². The normalized spacial score (nSPS) is 18.1. The zero-order valence-corrected chi connectivity index (χ0v) is 16.9. The van der Waals surface area contributed by atoms with Crippen molar-refractivity contribution >= 4 is 23.5 Å². The number of likely N-dealkylation sites (tertiary alicyclic amines) is 1. The van der Waals surface area contributed by atoms with Gasteiger partial charge in [-0.1, -0.05) is 41.4 Å². The molecule has 0 radical (unpaired) electrons. The van der Waals surface area contributed by atoms with E-state index in [1.165, 1.54) is 5.56 Å². The summed E-state index contributed by atoms with van der Waals surface area (Å²) in [5, 5.41) is 0.425. The number of carbonyl (C=O) groups is 2. The monoisotopic (exact) mass is 415 g/mol. The van der Waals surface area contributed by atoms with Gasteiger partial charge in [-0.3, -0.25) is 9.59 Å². The van der Waals surface area contributed by atoms with Gasteiger partial charge >= 0.3 is 5.97 Å². The number of amides is 1. The molecule has 2 aromatic carbocycles. The van der Waals surface area contributed by atoms with Crippen LogP contribution in [0.5, 0.6) is 11.5 Å². The number of halogens is 1. The fourth-order valence-electron chi connectivity index (χ4n) is 3.52. The number of benzene rings is 2. The highest BCUT2D eigenvalue weighted by Crippen LogP contribution is 2.38. The van der Waals surface area contributed by atoms with E-state index in [9.17, 15) is 9.59 Å². The fraction of sp³-hybridized carbons (Fsp3) is 0.364. The first-order chi connectivity index (χ1) is 14.0. The van der Waals surface area contributed by atoms with Crippen LogP contribution in [-0.4, -0.2) is 36.5 Å². The van der Waals surface area contributed by atoms with Crippen molar-refractivity contribution in [3.63, 3.8) is 0 Å². The summed E-state index contributed by atoms with van der Waals surface area (Å²) in [6.07, 6.45) is 0.173. The van der Waals surface area contributed by atoms with Crippen LogP contribution < -0.4 is 9.47 Å². The first-order valence-electron chi connectivity index (χ1n) is 9.57. The molecule has 1 atom stereocenters. The van der Waals surface area contributed by atoms with E-state index in [-0.39, 0.29) is 24.9 Å². The molecule has 0 unspecified atom stereocenters. The van der Waals surface area contributed by atoms with E-state index >= 15 is 0 Å². The molecule has 2 aliphatic heterocycles. The van der Waals surface area contributed by atoms with E-state index in [4.69, 9.17) is 25.8 Å². The number of nitrogens with zero attached hydrogens (tertiary/aromatic N) is 1. The van der Waals surface area contributed by atoms with Gasteiger partial charge in [-0.05, 0) is 30.2 Å². The predicted molar refractivity (Wildman–Crippen MR) is 107 cm³/mol. The maximum Gasteiger partial charge on any atom is 0.311 e. The molecule has 0 aromatic heterocycles. The SMILES string of the molecule is Cc1ccc(CN2C[C@H](C(=O)OCc3cc(Cl)c4c(c3)OCCO4)CC2=O)cc1. The molecule has 2 aromatic rings. The van der Waals surface area contributed by atoms with Gasteiger partial charge in [-0.15, -0.1) is 0 Å². The number of fused-ring (bicyclic) bond motifs is 1. The largest absolute Gasteiger partial charge is 0.486 e. The Bertz CT molecular complexity index is 928. The summed E-state index contributed by atoms with van der Waals surface area (Å²) in [4.78, 5) is 26.5. The Hall–Kier alpha value is -2.73. The van der Waals surface area contributed by atoms with Crippen LogP contribution in [0.15, 0.2) is 36.4 Å². The molecule has 4 rings (SSSR count). The molecule has 1 amide bonds. The lowest BCUT2D eigenvalue weighted by Crippen LogP contribution is -2.26. The van der Waals surface area contributed by atoms with Crippen LogP contribution in [0.2, 0.25) is 5.02 Å². The van der Waals surface area contributed by atoms with E-state index < -0.39 is 5.92 Å². The van der Waals surface area contributed by atoms with Gasteiger partial charge < -0.3 is 19.1 Å². The third kappa shape index (κ3) is 4.48. The minimum atomic E-state index is -0.458. The molecule has 152 valence electrons. The van der Waals surface area contributed by atoms with Gasteiger partial charge in [0.15, 0.2) is 11.5 Å². The molecule has 7 heteroatoms. The van der Waals surface area contributed by atoms with Gasteiger partial charge in [0, 0.05) is 19.5 Å². The lowest BCUT2D eigenvalue weighted by atomic mass is 10.1. The minimum absolute atomic E-state index is 0.0325. The molecule has 0 saturated carbocycles. The first-order valence-corrected chi connectivity index (χ1v) is 9.95. The first kappa shape index (κ1) is 19.6. The smallest absolute Gasteiger partial charge is 0.311 e. The van der Waals surface area contributed by atoms with Crippen LogP contribution in [0.25, 0.3) is 0 Å². The standard InChI is InChI=1S/C22H22ClNO5/c1-14-2-4-15(5-3-14)11-24-12-17(10-20(24)25)22(26)29-13-16-8-18(23)21-19(9-16)27-6-7-28-21/h2-5,8-9,17H,6-7,10-13H2,1H3/t17-/m1/s1. The lowest BCUT2D eigenvalue weighted by Gasteiger charge is -2.20. The fourth-order valence-corrected chi connectivity index (χ4v) is 3.80. The van der Waals surface area contributed by atoms with Crippen molar-refractivity contribution in [2.24, 2.45) is 5.92 Å². The summed E-state index contributed by atoms with van der Waals surface area (Å²) in [6, 6.07) is 11.5. The second kappa shape index (κ2) is 8.33. The maximum absolute atomic E-state index is 12.5. The topological polar surface area (TPSA) is 65.1 Å². The third-order valence-electron chi connectivity index (χ3n) is 5.08. The Kier molecular flexibility index (Phi) is 5.62. The van der Waals surface area contributed by atoms with Crippen molar-refractivity contribution in [1.29, 1.82) is 0 Å². The van der Waals surface area contributed by atoms with Gasteiger partial charge in [0.2, 0.25) is 5.91 Å². The molecule has 2 aliphatic rings. The summed E-state index contributed by atoms with van der Waals surface area (Å²) >= 11 is 6.22. The van der Waals surface area contributed by atoms with Gasteiger partial charge in [0.1, 0.15) is 19.8 Å². The number of hydrogen-bond donors (Lipinski definition) is 0. The van der Waals surface area contributed by atoms with Crippen molar-refractivity contribution in [3.8, 4) is 11.5 Å². The Labute approximate surface area is 174 Å². The highest BCUT2D eigenvalue weighted by Gasteiger charge is 2.35. The number of carbonyl (C=O) groups excluding carboxylic acids is 2. The molecular weight excluding hydrogens is 394 g/mol. The van der Waals surface area contributed by atoms with Crippen LogP contribution in [0.3, 0.4) is 0 Å². The molecule has 0 spiro atoms. The molecule has 2 heterocycles. The van der Waals surface area contributed by atoms with Gasteiger partial charge in [-0.25, -0.2) is 0 Å². The van der Waals surface area contributed by atoms with Crippen LogP contribution >= 0.6 is 11.6 Å². The average Bonchev–Trinajstić information content (AvgIpc) is 3.08. The zero-order chi connectivity index (χ0) is 20.4. The summed E-state index contributed by atoms with van der Waals surface area (Å²) in [6.45, 7) is 3.86. The van der Waals surface area contributed by atoms with E-state index in [2.05, 4.69) is 0 Å². The molecular formula is C22H22ClNO5.